The lowest BCUT2D eigenvalue weighted by Crippen LogP contribution is -2.03. The van der Waals surface area contributed by atoms with E-state index < -0.39 is 5.82 Å². The molecule has 76 valence electrons. The maximum Gasteiger partial charge on any atom is 0.134 e. The van der Waals surface area contributed by atoms with Gasteiger partial charge in [0.05, 0.1) is 0 Å². The molecule has 0 amide bonds. The maximum absolute atomic E-state index is 13.8. The third kappa shape index (κ3) is 1.32. The van der Waals surface area contributed by atoms with Crippen molar-refractivity contribution in [3.8, 4) is 0 Å². The summed E-state index contributed by atoms with van der Waals surface area (Å²) in [5.41, 5.74) is 1.60. The first-order chi connectivity index (χ1) is 6.61. The van der Waals surface area contributed by atoms with E-state index in [0.29, 0.717) is 18.7 Å². The average Bonchev–Trinajstić information content (AvgIpc) is 2.50. The molecule has 0 bridgehead atoms. The van der Waals surface area contributed by atoms with E-state index in [0.717, 1.165) is 5.56 Å². The molecule has 1 aromatic carbocycles. The molecular formula is C11H13F2N. The molecule has 0 fully saturated rings. The van der Waals surface area contributed by atoms with Crippen LogP contribution in [0.5, 0.6) is 0 Å². The largest absolute Gasteiger partial charge is 0.308 e. The summed E-state index contributed by atoms with van der Waals surface area (Å²) in [6.45, 7) is 4.69. The minimum absolute atomic E-state index is 0.110. The van der Waals surface area contributed by atoms with E-state index in [9.17, 15) is 8.78 Å². The van der Waals surface area contributed by atoms with Gasteiger partial charge in [0.1, 0.15) is 11.6 Å². The zero-order chi connectivity index (χ0) is 10.3. The molecule has 1 aliphatic heterocycles. The summed E-state index contributed by atoms with van der Waals surface area (Å²) < 4.78 is 27.3. The molecule has 0 radical (unpaired) electrons. The Balaban J connectivity index is 2.62. The van der Waals surface area contributed by atoms with Gasteiger partial charge in [0.25, 0.3) is 0 Å². The summed E-state index contributed by atoms with van der Waals surface area (Å²) in [7, 11) is 0. The molecule has 2 rings (SSSR count). The minimum atomic E-state index is -0.417. The fourth-order valence-electron chi connectivity index (χ4n) is 1.93. The summed E-state index contributed by atoms with van der Waals surface area (Å²) in [6, 6.07) is 1.45. The van der Waals surface area contributed by atoms with Crippen LogP contribution in [-0.4, -0.2) is 0 Å². The van der Waals surface area contributed by atoms with Crippen molar-refractivity contribution in [2.75, 3.05) is 0 Å². The van der Waals surface area contributed by atoms with Gasteiger partial charge in [-0.05, 0) is 17.5 Å². The van der Waals surface area contributed by atoms with Crippen LogP contribution in [0, 0.1) is 11.6 Å². The first-order valence-electron chi connectivity index (χ1n) is 4.81. The fourth-order valence-corrected chi connectivity index (χ4v) is 1.93. The highest BCUT2D eigenvalue weighted by Gasteiger charge is 2.22. The van der Waals surface area contributed by atoms with Gasteiger partial charge in [0.2, 0.25) is 0 Å². The van der Waals surface area contributed by atoms with Crippen LogP contribution in [0.15, 0.2) is 6.07 Å². The molecule has 1 N–H and O–H groups in total. The smallest absolute Gasteiger partial charge is 0.134 e. The Labute approximate surface area is 82.1 Å². The molecule has 1 aliphatic rings. The monoisotopic (exact) mass is 197 g/mol. The van der Waals surface area contributed by atoms with Crippen molar-refractivity contribution < 1.29 is 8.78 Å². The summed E-state index contributed by atoms with van der Waals surface area (Å²) in [4.78, 5) is 0. The van der Waals surface area contributed by atoms with Gasteiger partial charge in [-0.1, -0.05) is 13.8 Å². The third-order valence-corrected chi connectivity index (χ3v) is 2.64. The number of hydrogen-bond acceptors (Lipinski definition) is 1. The highest BCUT2D eigenvalue weighted by atomic mass is 19.1. The van der Waals surface area contributed by atoms with E-state index in [2.05, 4.69) is 5.32 Å². The van der Waals surface area contributed by atoms with E-state index in [-0.39, 0.29) is 17.3 Å². The maximum atomic E-state index is 13.8. The van der Waals surface area contributed by atoms with Crippen molar-refractivity contribution in [2.24, 2.45) is 0 Å². The lowest BCUT2D eigenvalue weighted by atomic mass is 9.97. The van der Waals surface area contributed by atoms with Gasteiger partial charge in [-0.2, -0.15) is 0 Å². The van der Waals surface area contributed by atoms with Gasteiger partial charge in [-0.25, -0.2) is 8.78 Å². The first-order valence-corrected chi connectivity index (χ1v) is 4.81. The molecule has 0 spiro atoms. The molecule has 3 heteroatoms. The number of halogens is 2. The molecule has 0 aromatic heterocycles. The van der Waals surface area contributed by atoms with E-state index in [1.54, 1.807) is 13.8 Å². The number of nitrogens with one attached hydrogen (secondary N) is 1. The average molecular weight is 197 g/mol. The number of rotatable bonds is 1. The molecule has 0 saturated heterocycles. The SMILES string of the molecule is CC(C)c1c(F)cc2c(c1F)CNC2. The fraction of sp³-hybridized carbons (Fsp3) is 0.455. The molecule has 1 aromatic rings. The second-order valence-electron chi connectivity index (χ2n) is 3.98. The predicted molar refractivity (Wildman–Crippen MR) is 51.0 cm³/mol. The second kappa shape index (κ2) is 3.31. The van der Waals surface area contributed by atoms with Crippen LogP contribution < -0.4 is 5.32 Å². The summed E-state index contributed by atoms with van der Waals surface area (Å²) in [5, 5.41) is 3.02. The van der Waals surface area contributed by atoms with Gasteiger partial charge < -0.3 is 5.32 Å². The summed E-state index contributed by atoms with van der Waals surface area (Å²) in [6.07, 6.45) is 0. The van der Waals surface area contributed by atoms with Crippen LogP contribution in [0.25, 0.3) is 0 Å². The molecule has 14 heavy (non-hydrogen) atoms. The number of fused-ring (bicyclic) bond motifs is 1. The third-order valence-electron chi connectivity index (χ3n) is 2.64. The van der Waals surface area contributed by atoms with Gasteiger partial charge >= 0.3 is 0 Å². The zero-order valence-corrected chi connectivity index (χ0v) is 8.32. The van der Waals surface area contributed by atoms with Crippen molar-refractivity contribution in [1.29, 1.82) is 0 Å². The van der Waals surface area contributed by atoms with Gasteiger partial charge in [0, 0.05) is 24.2 Å². The van der Waals surface area contributed by atoms with Crippen LogP contribution in [0.4, 0.5) is 8.78 Å². The first kappa shape index (κ1) is 9.59. The van der Waals surface area contributed by atoms with Crippen LogP contribution in [-0.2, 0) is 13.1 Å². The number of hydrogen-bond donors (Lipinski definition) is 1. The predicted octanol–water partition coefficient (Wildman–Crippen LogP) is 2.69. The highest BCUT2D eigenvalue weighted by Crippen LogP contribution is 2.29. The van der Waals surface area contributed by atoms with E-state index in [4.69, 9.17) is 0 Å². The lowest BCUT2D eigenvalue weighted by molar-refractivity contribution is 0.533. The Bertz CT molecular complexity index is 372. The minimum Gasteiger partial charge on any atom is -0.308 e. The molecule has 0 unspecified atom stereocenters. The molecule has 1 nitrogen and oxygen atoms in total. The Morgan fingerprint density at radius 3 is 2.64 bits per heavy atom. The van der Waals surface area contributed by atoms with Crippen molar-refractivity contribution in [3.05, 3.63) is 34.4 Å². The van der Waals surface area contributed by atoms with Crippen molar-refractivity contribution in [1.82, 2.24) is 5.32 Å². The molecule has 0 atom stereocenters. The normalized spacial score (nSPS) is 14.9. The topological polar surface area (TPSA) is 12.0 Å². The van der Waals surface area contributed by atoms with Crippen molar-refractivity contribution in [3.63, 3.8) is 0 Å². The zero-order valence-electron chi connectivity index (χ0n) is 8.32. The van der Waals surface area contributed by atoms with Gasteiger partial charge in [-0.3, -0.25) is 0 Å². The highest BCUT2D eigenvalue weighted by molar-refractivity contribution is 5.38. The lowest BCUT2D eigenvalue weighted by Gasteiger charge is -2.11. The van der Waals surface area contributed by atoms with E-state index in [1.807, 2.05) is 0 Å². The standard InChI is InChI=1S/C11H13F2N/c1-6(2)10-9(12)3-7-4-14-5-8(7)11(10)13/h3,6,14H,4-5H2,1-2H3. The van der Waals surface area contributed by atoms with Crippen LogP contribution in [0.2, 0.25) is 0 Å². The second-order valence-corrected chi connectivity index (χ2v) is 3.98. The van der Waals surface area contributed by atoms with Crippen LogP contribution in [0.1, 0.15) is 36.5 Å². The molecule has 0 aliphatic carbocycles. The van der Waals surface area contributed by atoms with E-state index >= 15 is 0 Å². The molecule has 1 heterocycles. The van der Waals surface area contributed by atoms with Gasteiger partial charge in [0.15, 0.2) is 0 Å². The Hall–Kier alpha value is -0.960. The Morgan fingerprint density at radius 2 is 2.00 bits per heavy atom. The van der Waals surface area contributed by atoms with Crippen LogP contribution >= 0.6 is 0 Å². The van der Waals surface area contributed by atoms with Gasteiger partial charge in [-0.15, -0.1) is 0 Å². The molecule has 0 saturated carbocycles. The molecular weight excluding hydrogens is 184 g/mol. The van der Waals surface area contributed by atoms with E-state index in [1.165, 1.54) is 6.07 Å². The number of benzene rings is 1. The quantitative estimate of drug-likeness (QED) is 0.729. The van der Waals surface area contributed by atoms with Crippen molar-refractivity contribution in [2.45, 2.75) is 32.9 Å². The summed E-state index contributed by atoms with van der Waals surface area (Å²) >= 11 is 0. The Morgan fingerprint density at radius 1 is 1.29 bits per heavy atom. The summed E-state index contributed by atoms with van der Waals surface area (Å²) in [5.74, 6) is -0.888. The van der Waals surface area contributed by atoms with Crippen LogP contribution in [0.3, 0.4) is 0 Å². The van der Waals surface area contributed by atoms with Crippen molar-refractivity contribution >= 4 is 0 Å². The Kier molecular flexibility index (Phi) is 2.27.